The first-order valence-electron chi connectivity index (χ1n) is 8.39. The van der Waals surface area contributed by atoms with Crippen molar-refractivity contribution in [1.82, 2.24) is 15.6 Å². The number of carbonyl (C=O) groups is 1. The minimum absolute atomic E-state index is 0.157. The molecule has 0 radical (unpaired) electrons. The summed E-state index contributed by atoms with van der Waals surface area (Å²) in [5.74, 6) is 1.59. The van der Waals surface area contributed by atoms with Crippen LogP contribution < -0.4 is 10.6 Å². The van der Waals surface area contributed by atoms with E-state index in [-0.39, 0.29) is 12.1 Å². The summed E-state index contributed by atoms with van der Waals surface area (Å²) in [5.41, 5.74) is 0.479. The van der Waals surface area contributed by atoms with Gasteiger partial charge in [-0.3, -0.25) is 0 Å². The molecule has 1 fully saturated rings. The van der Waals surface area contributed by atoms with Crippen molar-refractivity contribution in [2.24, 2.45) is 0 Å². The number of hydrogen-bond donors (Lipinski definition) is 2. The Morgan fingerprint density at radius 1 is 1.30 bits per heavy atom. The first-order chi connectivity index (χ1) is 10.7. The molecule has 1 saturated carbocycles. The van der Waals surface area contributed by atoms with Crippen molar-refractivity contribution < 1.29 is 13.9 Å². The Balaban J connectivity index is 1.78. The molecule has 23 heavy (non-hydrogen) atoms. The summed E-state index contributed by atoms with van der Waals surface area (Å²) >= 11 is 0. The van der Waals surface area contributed by atoms with E-state index in [4.69, 9.17) is 9.15 Å². The van der Waals surface area contributed by atoms with Gasteiger partial charge in [-0.15, -0.1) is 0 Å². The molecule has 0 aliphatic heterocycles. The highest BCUT2D eigenvalue weighted by atomic mass is 16.6. The average molecular weight is 323 g/mol. The summed E-state index contributed by atoms with van der Waals surface area (Å²) < 4.78 is 10.9. The molecule has 1 aromatic heterocycles. The van der Waals surface area contributed by atoms with Crippen LogP contribution >= 0.6 is 0 Å². The standard InChI is InChI=1S/C17H29N3O3/c1-11-12(2)22-15(19-11)10-18-13-7-6-8-14(9-13)20-16(21)23-17(3,4)5/h13-14,18H,6-10H2,1-5H3,(H,20,21). The minimum Gasteiger partial charge on any atom is -0.444 e. The van der Waals surface area contributed by atoms with Gasteiger partial charge in [-0.2, -0.15) is 0 Å². The second kappa shape index (κ2) is 7.34. The van der Waals surface area contributed by atoms with E-state index in [2.05, 4.69) is 15.6 Å². The molecule has 2 N–H and O–H groups in total. The number of nitrogens with one attached hydrogen (secondary N) is 2. The highest BCUT2D eigenvalue weighted by Crippen LogP contribution is 2.20. The summed E-state index contributed by atoms with van der Waals surface area (Å²) in [5, 5.41) is 6.46. The second-order valence-corrected chi connectivity index (χ2v) is 7.34. The van der Waals surface area contributed by atoms with Gasteiger partial charge in [0.25, 0.3) is 0 Å². The Morgan fingerprint density at radius 3 is 2.61 bits per heavy atom. The molecule has 130 valence electrons. The van der Waals surface area contributed by atoms with Gasteiger partial charge in [0, 0.05) is 12.1 Å². The van der Waals surface area contributed by atoms with Crippen LogP contribution in [0.3, 0.4) is 0 Å². The Hall–Kier alpha value is -1.56. The van der Waals surface area contributed by atoms with E-state index in [0.29, 0.717) is 12.6 Å². The Labute approximate surface area is 138 Å². The molecule has 2 rings (SSSR count). The van der Waals surface area contributed by atoms with Crippen molar-refractivity contribution in [3.63, 3.8) is 0 Å². The fraction of sp³-hybridized carbons (Fsp3) is 0.765. The zero-order valence-corrected chi connectivity index (χ0v) is 14.9. The van der Waals surface area contributed by atoms with Crippen LogP contribution in [0.2, 0.25) is 0 Å². The smallest absolute Gasteiger partial charge is 0.407 e. The van der Waals surface area contributed by atoms with Crippen molar-refractivity contribution in [2.75, 3.05) is 0 Å². The number of aromatic nitrogens is 1. The van der Waals surface area contributed by atoms with Crippen molar-refractivity contribution >= 4 is 6.09 Å². The van der Waals surface area contributed by atoms with Crippen LogP contribution in [-0.4, -0.2) is 28.8 Å². The number of aryl methyl sites for hydroxylation is 2. The molecule has 0 saturated heterocycles. The molecule has 1 aromatic rings. The molecular formula is C17H29N3O3. The van der Waals surface area contributed by atoms with Crippen LogP contribution in [0.15, 0.2) is 4.42 Å². The average Bonchev–Trinajstić information content (AvgIpc) is 2.74. The SMILES string of the molecule is Cc1nc(CNC2CCCC(NC(=O)OC(C)(C)C)C2)oc1C. The van der Waals surface area contributed by atoms with Gasteiger partial charge in [-0.1, -0.05) is 0 Å². The third-order valence-corrected chi connectivity index (χ3v) is 4.01. The van der Waals surface area contributed by atoms with E-state index in [9.17, 15) is 4.79 Å². The van der Waals surface area contributed by atoms with Gasteiger partial charge in [-0.05, 0) is 60.3 Å². The number of nitrogens with zero attached hydrogens (tertiary/aromatic N) is 1. The number of amides is 1. The first kappa shape index (κ1) is 17.8. The van der Waals surface area contributed by atoms with E-state index in [1.54, 1.807) is 0 Å². The summed E-state index contributed by atoms with van der Waals surface area (Å²) in [6.07, 6.45) is 3.75. The fourth-order valence-corrected chi connectivity index (χ4v) is 2.83. The zero-order chi connectivity index (χ0) is 17.0. The number of carbonyl (C=O) groups excluding carboxylic acids is 1. The molecule has 1 aliphatic carbocycles. The molecule has 1 heterocycles. The lowest BCUT2D eigenvalue weighted by Crippen LogP contribution is -2.45. The molecule has 2 unspecified atom stereocenters. The Morgan fingerprint density at radius 2 is 2.00 bits per heavy atom. The van der Waals surface area contributed by atoms with Crippen LogP contribution in [-0.2, 0) is 11.3 Å². The van der Waals surface area contributed by atoms with E-state index >= 15 is 0 Å². The maximum atomic E-state index is 11.9. The Kier molecular flexibility index (Phi) is 5.68. The van der Waals surface area contributed by atoms with Crippen LogP contribution in [0.25, 0.3) is 0 Å². The highest BCUT2D eigenvalue weighted by molar-refractivity contribution is 5.68. The van der Waals surface area contributed by atoms with Gasteiger partial charge in [0.2, 0.25) is 5.89 Å². The van der Waals surface area contributed by atoms with Crippen molar-refractivity contribution in [3.05, 3.63) is 17.3 Å². The molecule has 6 heteroatoms. The summed E-state index contributed by atoms with van der Waals surface area (Å²) in [7, 11) is 0. The zero-order valence-electron chi connectivity index (χ0n) is 14.9. The fourth-order valence-electron chi connectivity index (χ4n) is 2.83. The lowest BCUT2D eigenvalue weighted by atomic mass is 9.91. The summed E-state index contributed by atoms with van der Waals surface area (Å²) in [6, 6.07) is 0.514. The van der Waals surface area contributed by atoms with Gasteiger partial charge in [-0.25, -0.2) is 9.78 Å². The van der Waals surface area contributed by atoms with Crippen LogP contribution in [0.5, 0.6) is 0 Å². The van der Waals surface area contributed by atoms with Gasteiger partial charge >= 0.3 is 6.09 Å². The normalized spacial score (nSPS) is 22.0. The lowest BCUT2D eigenvalue weighted by Gasteiger charge is -2.31. The van der Waals surface area contributed by atoms with Gasteiger partial charge in [0.1, 0.15) is 11.4 Å². The third-order valence-electron chi connectivity index (χ3n) is 4.01. The first-order valence-corrected chi connectivity index (χ1v) is 8.39. The molecule has 0 bridgehead atoms. The summed E-state index contributed by atoms with van der Waals surface area (Å²) in [4.78, 5) is 16.3. The monoisotopic (exact) mass is 323 g/mol. The molecule has 1 amide bonds. The number of oxazole rings is 1. The number of ether oxygens (including phenoxy) is 1. The summed E-state index contributed by atoms with van der Waals surface area (Å²) in [6.45, 7) is 10.1. The second-order valence-electron chi connectivity index (χ2n) is 7.34. The van der Waals surface area contributed by atoms with Gasteiger partial charge in [0.15, 0.2) is 0 Å². The van der Waals surface area contributed by atoms with Crippen LogP contribution in [0.4, 0.5) is 4.79 Å². The van der Waals surface area contributed by atoms with E-state index in [1.807, 2.05) is 34.6 Å². The molecule has 6 nitrogen and oxygen atoms in total. The van der Waals surface area contributed by atoms with Gasteiger partial charge in [0.05, 0.1) is 12.2 Å². The number of rotatable bonds is 4. The highest BCUT2D eigenvalue weighted by Gasteiger charge is 2.25. The van der Waals surface area contributed by atoms with E-state index < -0.39 is 5.60 Å². The molecule has 0 aromatic carbocycles. The third kappa shape index (κ3) is 5.86. The quantitative estimate of drug-likeness (QED) is 0.889. The predicted octanol–water partition coefficient (Wildman–Crippen LogP) is 3.22. The number of hydrogen-bond acceptors (Lipinski definition) is 5. The van der Waals surface area contributed by atoms with Gasteiger partial charge < -0.3 is 19.8 Å². The van der Waals surface area contributed by atoms with E-state index in [0.717, 1.165) is 43.0 Å². The number of alkyl carbamates (subject to hydrolysis) is 1. The van der Waals surface area contributed by atoms with Crippen LogP contribution in [0, 0.1) is 13.8 Å². The van der Waals surface area contributed by atoms with E-state index in [1.165, 1.54) is 0 Å². The largest absolute Gasteiger partial charge is 0.444 e. The minimum atomic E-state index is -0.461. The molecule has 1 aliphatic rings. The molecule has 0 spiro atoms. The van der Waals surface area contributed by atoms with Crippen LogP contribution in [0.1, 0.15) is 63.8 Å². The Bertz CT molecular complexity index is 514. The topological polar surface area (TPSA) is 76.4 Å². The maximum Gasteiger partial charge on any atom is 0.407 e. The molecule has 2 atom stereocenters. The lowest BCUT2D eigenvalue weighted by molar-refractivity contribution is 0.0488. The predicted molar refractivity (Wildman–Crippen MR) is 88.2 cm³/mol. The van der Waals surface area contributed by atoms with Crippen molar-refractivity contribution in [3.8, 4) is 0 Å². The maximum absolute atomic E-state index is 11.9. The van der Waals surface area contributed by atoms with Crippen molar-refractivity contribution in [2.45, 2.75) is 84.5 Å². The van der Waals surface area contributed by atoms with Crippen molar-refractivity contribution in [1.29, 1.82) is 0 Å². The molecular weight excluding hydrogens is 294 g/mol.